The molecular formula is C15H19NO3. The zero-order valence-electron chi connectivity index (χ0n) is 11.8. The van der Waals surface area contributed by atoms with Crippen LogP contribution in [0.1, 0.15) is 38.8 Å². The van der Waals surface area contributed by atoms with E-state index in [4.69, 9.17) is 4.74 Å². The van der Waals surface area contributed by atoms with Crippen molar-refractivity contribution in [1.82, 2.24) is 0 Å². The number of esters is 1. The van der Waals surface area contributed by atoms with Crippen molar-refractivity contribution < 1.29 is 14.3 Å². The first kappa shape index (κ1) is 15.1. The van der Waals surface area contributed by atoms with Crippen LogP contribution < -0.4 is 0 Å². The van der Waals surface area contributed by atoms with E-state index in [1.165, 1.54) is 13.1 Å². The van der Waals surface area contributed by atoms with Gasteiger partial charge in [0.15, 0.2) is 6.29 Å². The lowest BCUT2D eigenvalue weighted by atomic mass is 9.86. The van der Waals surface area contributed by atoms with Crippen LogP contribution in [0.4, 0.5) is 5.69 Å². The van der Waals surface area contributed by atoms with Crippen molar-refractivity contribution in [1.29, 1.82) is 0 Å². The van der Waals surface area contributed by atoms with Gasteiger partial charge >= 0.3 is 5.97 Å². The molecule has 0 radical (unpaired) electrons. The Morgan fingerprint density at radius 2 is 2.00 bits per heavy atom. The first-order chi connectivity index (χ1) is 8.82. The average molecular weight is 261 g/mol. The molecule has 0 spiro atoms. The fourth-order valence-corrected chi connectivity index (χ4v) is 1.57. The molecule has 0 aliphatic carbocycles. The van der Waals surface area contributed by atoms with Crippen LogP contribution in [-0.4, -0.2) is 18.5 Å². The molecule has 0 saturated carbocycles. The van der Waals surface area contributed by atoms with E-state index in [2.05, 4.69) is 25.8 Å². The molecule has 0 bridgehead atoms. The first-order valence-corrected chi connectivity index (χ1v) is 6.08. The number of aliphatic imine (C=N–C) groups is 1. The Balaban J connectivity index is 3.12. The topological polar surface area (TPSA) is 55.7 Å². The molecule has 0 aromatic heterocycles. The van der Waals surface area contributed by atoms with Gasteiger partial charge in [0, 0.05) is 6.92 Å². The number of rotatable bonds is 4. The van der Waals surface area contributed by atoms with Crippen LogP contribution in [0, 0.1) is 0 Å². The fourth-order valence-electron chi connectivity index (χ4n) is 1.57. The predicted molar refractivity (Wildman–Crippen MR) is 74.8 cm³/mol. The van der Waals surface area contributed by atoms with Crippen molar-refractivity contribution in [3.05, 3.63) is 29.3 Å². The molecule has 0 saturated heterocycles. The molecule has 0 heterocycles. The van der Waals surface area contributed by atoms with E-state index < -0.39 is 0 Å². The lowest BCUT2D eigenvalue weighted by Gasteiger charge is -2.20. The number of carbonyl (C=O) groups excluding carboxylic acids is 2. The molecule has 0 aliphatic rings. The zero-order chi connectivity index (χ0) is 14.5. The lowest BCUT2D eigenvalue weighted by molar-refractivity contribution is -0.142. The lowest BCUT2D eigenvalue weighted by Crippen LogP contribution is -2.11. The van der Waals surface area contributed by atoms with Crippen LogP contribution in [0.5, 0.6) is 0 Å². The third-order valence-corrected chi connectivity index (χ3v) is 2.57. The van der Waals surface area contributed by atoms with Gasteiger partial charge in [-0.05, 0) is 28.7 Å². The number of ether oxygens (including phenoxy) is 1. The molecular weight excluding hydrogens is 242 g/mol. The molecule has 0 aliphatic heterocycles. The monoisotopic (exact) mass is 261 g/mol. The highest BCUT2D eigenvalue weighted by molar-refractivity contribution is 6.13. The Hall–Kier alpha value is -1.97. The van der Waals surface area contributed by atoms with Gasteiger partial charge in [0.2, 0.25) is 0 Å². The fraction of sp³-hybridized carbons (Fsp3) is 0.400. The van der Waals surface area contributed by atoms with Crippen molar-refractivity contribution in [2.24, 2.45) is 4.99 Å². The number of carbonyl (C=O) groups is 2. The van der Waals surface area contributed by atoms with E-state index in [-0.39, 0.29) is 18.0 Å². The number of aldehydes is 1. The minimum Gasteiger partial charge on any atom is -0.461 e. The Morgan fingerprint density at radius 1 is 1.32 bits per heavy atom. The van der Waals surface area contributed by atoms with Gasteiger partial charge in [-0.15, -0.1) is 0 Å². The third kappa shape index (κ3) is 5.04. The van der Waals surface area contributed by atoms with E-state index in [1.54, 1.807) is 6.07 Å². The van der Waals surface area contributed by atoms with Gasteiger partial charge in [0.1, 0.15) is 6.61 Å². The molecule has 4 heteroatoms. The zero-order valence-corrected chi connectivity index (χ0v) is 11.8. The highest BCUT2D eigenvalue weighted by Gasteiger charge is 2.15. The summed E-state index contributed by atoms with van der Waals surface area (Å²) in [6.45, 7) is 7.85. The van der Waals surface area contributed by atoms with Crippen LogP contribution in [-0.2, 0) is 26.3 Å². The number of nitrogens with zero attached hydrogens (tertiary/aromatic N) is 1. The van der Waals surface area contributed by atoms with Crippen LogP contribution in [0.3, 0.4) is 0 Å². The second-order valence-electron chi connectivity index (χ2n) is 5.33. The SMILES string of the molecule is CC(=O)OCc1cc(N=CC=O)cc(C(C)(C)C)c1. The molecule has 19 heavy (non-hydrogen) atoms. The standard InChI is InChI=1S/C15H19NO3/c1-11(18)19-10-12-7-13(15(2,3)4)9-14(8-12)16-5-6-17/h5-9H,10H2,1-4H3. The Morgan fingerprint density at radius 3 is 2.53 bits per heavy atom. The van der Waals surface area contributed by atoms with Gasteiger partial charge < -0.3 is 4.74 Å². The summed E-state index contributed by atoms with van der Waals surface area (Å²) in [6, 6.07) is 5.72. The summed E-state index contributed by atoms with van der Waals surface area (Å²) in [5.74, 6) is -0.320. The first-order valence-electron chi connectivity index (χ1n) is 6.08. The van der Waals surface area contributed by atoms with Crippen molar-refractivity contribution in [3.8, 4) is 0 Å². The summed E-state index contributed by atoms with van der Waals surface area (Å²) in [4.78, 5) is 25.3. The van der Waals surface area contributed by atoms with Gasteiger partial charge in [-0.25, -0.2) is 0 Å². The van der Waals surface area contributed by atoms with Crippen LogP contribution in [0.2, 0.25) is 0 Å². The number of benzene rings is 1. The predicted octanol–water partition coefficient (Wildman–Crippen LogP) is 2.95. The van der Waals surface area contributed by atoms with Crippen molar-refractivity contribution in [3.63, 3.8) is 0 Å². The summed E-state index contributed by atoms with van der Waals surface area (Å²) >= 11 is 0. The van der Waals surface area contributed by atoms with Gasteiger partial charge in [-0.2, -0.15) is 0 Å². The van der Waals surface area contributed by atoms with Gasteiger partial charge in [0.25, 0.3) is 0 Å². The average Bonchev–Trinajstić information content (AvgIpc) is 2.32. The maximum Gasteiger partial charge on any atom is 0.302 e. The molecule has 0 fully saturated rings. The van der Waals surface area contributed by atoms with Gasteiger partial charge in [0.05, 0.1) is 11.9 Å². The normalized spacial score (nSPS) is 11.6. The van der Waals surface area contributed by atoms with Gasteiger partial charge in [-0.1, -0.05) is 26.8 Å². The molecule has 102 valence electrons. The van der Waals surface area contributed by atoms with Gasteiger partial charge in [-0.3, -0.25) is 14.6 Å². The molecule has 1 rings (SSSR count). The van der Waals surface area contributed by atoms with E-state index in [0.717, 1.165) is 11.1 Å². The van der Waals surface area contributed by atoms with Crippen LogP contribution >= 0.6 is 0 Å². The molecule has 0 amide bonds. The summed E-state index contributed by atoms with van der Waals surface area (Å²) in [5, 5.41) is 0. The summed E-state index contributed by atoms with van der Waals surface area (Å²) in [6.07, 6.45) is 1.84. The quantitative estimate of drug-likeness (QED) is 0.475. The number of hydrogen-bond donors (Lipinski definition) is 0. The molecule has 1 aromatic rings. The van der Waals surface area contributed by atoms with Crippen LogP contribution in [0.25, 0.3) is 0 Å². The second-order valence-corrected chi connectivity index (χ2v) is 5.33. The Bertz CT molecular complexity index is 499. The third-order valence-electron chi connectivity index (χ3n) is 2.57. The Kier molecular flexibility index (Phi) is 4.98. The largest absolute Gasteiger partial charge is 0.461 e. The molecule has 0 N–H and O–H groups in total. The maximum absolute atomic E-state index is 10.9. The van der Waals surface area contributed by atoms with E-state index in [1.807, 2.05) is 12.1 Å². The molecule has 0 atom stereocenters. The van der Waals surface area contributed by atoms with Crippen molar-refractivity contribution in [2.45, 2.75) is 39.7 Å². The van der Waals surface area contributed by atoms with Crippen molar-refractivity contribution in [2.75, 3.05) is 0 Å². The van der Waals surface area contributed by atoms with E-state index in [0.29, 0.717) is 12.0 Å². The van der Waals surface area contributed by atoms with Crippen molar-refractivity contribution >= 4 is 24.2 Å². The van der Waals surface area contributed by atoms with Crippen LogP contribution in [0.15, 0.2) is 23.2 Å². The summed E-state index contributed by atoms with van der Waals surface area (Å²) < 4.78 is 4.99. The van der Waals surface area contributed by atoms with E-state index in [9.17, 15) is 9.59 Å². The Labute approximate surface area is 113 Å². The minimum absolute atomic E-state index is 0.0440. The smallest absolute Gasteiger partial charge is 0.302 e. The minimum atomic E-state index is -0.320. The maximum atomic E-state index is 10.9. The molecule has 0 unspecified atom stereocenters. The molecule has 4 nitrogen and oxygen atoms in total. The highest BCUT2D eigenvalue weighted by atomic mass is 16.5. The summed E-state index contributed by atoms with van der Waals surface area (Å²) in [5.41, 5.74) is 2.58. The second kappa shape index (κ2) is 6.27. The number of hydrogen-bond acceptors (Lipinski definition) is 4. The molecule has 1 aromatic carbocycles. The highest BCUT2D eigenvalue weighted by Crippen LogP contribution is 2.28. The van der Waals surface area contributed by atoms with E-state index >= 15 is 0 Å². The summed E-state index contributed by atoms with van der Waals surface area (Å²) in [7, 11) is 0.